The Balaban J connectivity index is 0.00000225. The fourth-order valence-corrected chi connectivity index (χ4v) is 5.08. The summed E-state index contributed by atoms with van der Waals surface area (Å²) in [6.07, 6.45) is 4.92. The molecule has 0 saturated heterocycles. The van der Waals surface area contributed by atoms with Crippen molar-refractivity contribution < 1.29 is 9.47 Å². The summed E-state index contributed by atoms with van der Waals surface area (Å²) in [6.45, 7) is 3.44. The number of ether oxygens (including phenoxy) is 2. The maximum Gasteiger partial charge on any atom is 0.161 e. The average molecular weight is 422 g/mol. The number of methoxy groups -OCH3 is 2. The summed E-state index contributed by atoms with van der Waals surface area (Å²) >= 11 is 6.36. The normalized spacial score (nSPS) is 24.4. The molecule has 1 aliphatic heterocycles. The van der Waals surface area contributed by atoms with Gasteiger partial charge in [0.05, 0.1) is 20.3 Å². The highest BCUT2D eigenvalue weighted by Gasteiger charge is 2.37. The first-order chi connectivity index (χ1) is 13.1. The molecule has 0 radical (unpaired) electrons. The third-order valence-electron chi connectivity index (χ3n) is 6.21. The minimum absolute atomic E-state index is 0. The number of hydrogen-bond donors (Lipinski definition) is 0. The van der Waals surface area contributed by atoms with Gasteiger partial charge in [0.2, 0.25) is 0 Å². The summed E-state index contributed by atoms with van der Waals surface area (Å²) in [5, 5.41) is 0.792. The van der Waals surface area contributed by atoms with Crippen molar-refractivity contribution in [1.29, 1.82) is 0 Å². The molecule has 0 aromatic heterocycles. The highest BCUT2D eigenvalue weighted by molar-refractivity contribution is 6.30. The monoisotopic (exact) mass is 421 g/mol. The number of halogens is 2. The molecule has 2 aliphatic rings. The fourth-order valence-electron chi connectivity index (χ4n) is 4.88. The first-order valence-electron chi connectivity index (χ1n) is 9.86. The topological polar surface area (TPSA) is 21.7 Å². The SMILES string of the molecule is COc1cc2c(cc1OC)C(c1cccc(Cl)c1)N(C1CCC(C)C1)CC2.Cl. The van der Waals surface area contributed by atoms with Gasteiger partial charge < -0.3 is 9.47 Å². The summed E-state index contributed by atoms with van der Waals surface area (Å²) in [4.78, 5) is 2.70. The van der Waals surface area contributed by atoms with Crippen molar-refractivity contribution in [2.24, 2.45) is 5.92 Å². The molecule has 2 aromatic rings. The van der Waals surface area contributed by atoms with Crippen LogP contribution in [0.25, 0.3) is 0 Å². The summed E-state index contributed by atoms with van der Waals surface area (Å²) in [5.74, 6) is 2.41. The standard InChI is InChI=1S/C23H28ClNO2.ClH/c1-15-7-8-19(11-15)25-10-9-16-13-21(26-2)22(27-3)14-20(16)23(25)17-5-4-6-18(24)12-17;/h4-6,12-15,19,23H,7-11H2,1-3H3;1H. The molecule has 5 heteroatoms. The van der Waals surface area contributed by atoms with Gasteiger partial charge in [-0.2, -0.15) is 0 Å². The first-order valence-corrected chi connectivity index (χ1v) is 10.2. The van der Waals surface area contributed by atoms with Gasteiger partial charge in [-0.15, -0.1) is 12.4 Å². The third kappa shape index (κ3) is 3.98. The van der Waals surface area contributed by atoms with Crippen molar-refractivity contribution in [3.8, 4) is 11.5 Å². The van der Waals surface area contributed by atoms with Gasteiger partial charge in [0.25, 0.3) is 0 Å². The van der Waals surface area contributed by atoms with Crippen LogP contribution in [0.5, 0.6) is 11.5 Å². The van der Waals surface area contributed by atoms with E-state index < -0.39 is 0 Å². The lowest BCUT2D eigenvalue weighted by Crippen LogP contribution is -2.42. The van der Waals surface area contributed by atoms with E-state index in [4.69, 9.17) is 21.1 Å². The van der Waals surface area contributed by atoms with E-state index in [-0.39, 0.29) is 18.4 Å². The molecule has 3 nitrogen and oxygen atoms in total. The minimum Gasteiger partial charge on any atom is -0.493 e. The lowest BCUT2D eigenvalue weighted by atomic mass is 9.86. The second kappa shape index (κ2) is 8.94. The molecule has 0 N–H and O–H groups in total. The molecule has 28 heavy (non-hydrogen) atoms. The van der Waals surface area contributed by atoms with Crippen molar-refractivity contribution >= 4 is 24.0 Å². The number of nitrogens with zero attached hydrogens (tertiary/aromatic N) is 1. The van der Waals surface area contributed by atoms with Crippen LogP contribution in [0.2, 0.25) is 5.02 Å². The van der Waals surface area contributed by atoms with Crippen LogP contribution in [0.3, 0.4) is 0 Å². The zero-order valence-electron chi connectivity index (χ0n) is 16.8. The second-order valence-corrected chi connectivity index (χ2v) is 8.36. The minimum atomic E-state index is 0. The van der Waals surface area contributed by atoms with Crippen LogP contribution in [0.1, 0.15) is 48.9 Å². The van der Waals surface area contributed by atoms with E-state index in [1.54, 1.807) is 14.2 Å². The van der Waals surface area contributed by atoms with E-state index in [1.165, 1.54) is 36.0 Å². The van der Waals surface area contributed by atoms with Crippen molar-refractivity contribution in [3.63, 3.8) is 0 Å². The van der Waals surface area contributed by atoms with Gasteiger partial charge in [0.1, 0.15) is 0 Å². The molecule has 0 amide bonds. The summed E-state index contributed by atoms with van der Waals surface area (Å²) < 4.78 is 11.2. The van der Waals surface area contributed by atoms with Gasteiger partial charge in [-0.1, -0.05) is 30.7 Å². The van der Waals surface area contributed by atoms with Crippen molar-refractivity contribution in [2.75, 3.05) is 20.8 Å². The fraction of sp³-hybridized carbons (Fsp3) is 0.478. The van der Waals surface area contributed by atoms with E-state index >= 15 is 0 Å². The van der Waals surface area contributed by atoms with E-state index in [0.717, 1.165) is 35.4 Å². The molecule has 1 heterocycles. The molecule has 152 valence electrons. The van der Waals surface area contributed by atoms with E-state index in [2.05, 4.69) is 42.2 Å². The molecular formula is C23H29Cl2NO2. The zero-order chi connectivity index (χ0) is 19.0. The second-order valence-electron chi connectivity index (χ2n) is 7.92. The lowest BCUT2D eigenvalue weighted by molar-refractivity contribution is 0.145. The average Bonchev–Trinajstić information content (AvgIpc) is 3.12. The van der Waals surface area contributed by atoms with E-state index in [9.17, 15) is 0 Å². The summed E-state index contributed by atoms with van der Waals surface area (Å²) in [5.41, 5.74) is 3.93. The number of benzene rings is 2. The Hall–Kier alpha value is -1.42. The van der Waals surface area contributed by atoms with Crippen molar-refractivity contribution in [3.05, 3.63) is 58.1 Å². The Labute approximate surface area is 179 Å². The smallest absolute Gasteiger partial charge is 0.161 e. The third-order valence-corrected chi connectivity index (χ3v) is 6.45. The number of hydrogen-bond acceptors (Lipinski definition) is 3. The largest absolute Gasteiger partial charge is 0.493 e. The van der Waals surface area contributed by atoms with Gasteiger partial charge in [0, 0.05) is 17.6 Å². The van der Waals surface area contributed by atoms with Gasteiger partial charge >= 0.3 is 0 Å². The van der Waals surface area contributed by atoms with Crippen LogP contribution in [0, 0.1) is 5.92 Å². The van der Waals surface area contributed by atoms with Crippen LogP contribution in [0.15, 0.2) is 36.4 Å². The molecule has 0 bridgehead atoms. The first kappa shape index (κ1) is 21.3. The Kier molecular flexibility index (Phi) is 6.80. The Bertz CT molecular complexity index is 826. The highest BCUT2D eigenvalue weighted by atomic mass is 35.5. The van der Waals surface area contributed by atoms with Crippen molar-refractivity contribution in [2.45, 2.75) is 44.7 Å². The molecule has 0 spiro atoms. The number of fused-ring (bicyclic) bond motifs is 1. The summed E-state index contributed by atoms with van der Waals surface area (Å²) in [7, 11) is 3.41. The summed E-state index contributed by atoms with van der Waals surface area (Å²) in [6, 6.07) is 13.5. The molecule has 3 unspecified atom stereocenters. The Morgan fingerprint density at radius 1 is 1.04 bits per heavy atom. The van der Waals surface area contributed by atoms with Gasteiger partial charge in [-0.25, -0.2) is 0 Å². The van der Waals surface area contributed by atoms with Crippen LogP contribution in [-0.4, -0.2) is 31.7 Å². The van der Waals surface area contributed by atoms with Crippen molar-refractivity contribution in [1.82, 2.24) is 4.90 Å². The molecule has 1 saturated carbocycles. The van der Waals surface area contributed by atoms with Crippen LogP contribution in [0.4, 0.5) is 0 Å². The molecular weight excluding hydrogens is 393 g/mol. The maximum atomic E-state index is 6.36. The molecule has 2 aromatic carbocycles. The zero-order valence-corrected chi connectivity index (χ0v) is 18.4. The van der Waals surface area contributed by atoms with Crippen LogP contribution in [-0.2, 0) is 6.42 Å². The number of rotatable bonds is 4. The highest BCUT2D eigenvalue weighted by Crippen LogP contribution is 2.44. The van der Waals surface area contributed by atoms with Gasteiger partial charge in [-0.3, -0.25) is 4.90 Å². The lowest BCUT2D eigenvalue weighted by Gasteiger charge is -2.42. The Morgan fingerprint density at radius 2 is 1.79 bits per heavy atom. The molecule has 1 aliphatic carbocycles. The van der Waals surface area contributed by atoms with E-state index in [1.807, 2.05) is 6.07 Å². The maximum absolute atomic E-state index is 6.36. The van der Waals surface area contributed by atoms with Gasteiger partial charge in [-0.05, 0) is 72.6 Å². The predicted molar refractivity (Wildman–Crippen MR) is 117 cm³/mol. The van der Waals surface area contributed by atoms with Crippen LogP contribution >= 0.6 is 24.0 Å². The molecule has 3 atom stereocenters. The van der Waals surface area contributed by atoms with Crippen LogP contribution < -0.4 is 9.47 Å². The molecule has 1 fully saturated rings. The van der Waals surface area contributed by atoms with E-state index in [0.29, 0.717) is 6.04 Å². The Morgan fingerprint density at radius 3 is 2.43 bits per heavy atom. The quantitative estimate of drug-likeness (QED) is 0.611. The predicted octanol–water partition coefficient (Wildman–Crippen LogP) is 5.92. The molecule has 4 rings (SSSR count). The van der Waals surface area contributed by atoms with Gasteiger partial charge in [0.15, 0.2) is 11.5 Å².